The number of nitrogens with zero attached hydrogens (tertiary/aromatic N) is 2. The molecular weight excluding hydrogens is 295 g/mol. The minimum Gasteiger partial charge on any atom is -0.355 e. The summed E-state index contributed by atoms with van der Waals surface area (Å²) < 4.78 is 13.3. The molecule has 0 unspecified atom stereocenters. The van der Waals surface area contributed by atoms with E-state index in [2.05, 4.69) is 20.9 Å². The highest BCUT2D eigenvalue weighted by atomic mass is 19.1. The van der Waals surface area contributed by atoms with Crippen LogP contribution >= 0.6 is 0 Å². The van der Waals surface area contributed by atoms with Crippen LogP contribution in [0.15, 0.2) is 39.0 Å². The molecule has 10 heteroatoms. The lowest BCUT2D eigenvalue weighted by Crippen LogP contribution is -2.31. The molecule has 0 aliphatic heterocycles. The predicted octanol–water partition coefficient (Wildman–Crippen LogP) is -0.840. The number of hydrogen-bond acceptors (Lipinski definition) is 6. The van der Waals surface area contributed by atoms with Crippen LogP contribution in [0.25, 0.3) is 0 Å². The predicted molar refractivity (Wildman–Crippen MR) is 76.1 cm³/mol. The lowest BCUT2D eigenvalue weighted by atomic mass is 10.2. The normalized spacial score (nSPS) is 10.6. The molecule has 22 heavy (non-hydrogen) atoms. The SMILES string of the molecule is O=C(CNc1n[nH]c(=O)[nH]c1=O)N/N=C/c1ccccc1F. The molecule has 0 atom stereocenters. The van der Waals surface area contributed by atoms with Gasteiger partial charge in [0.1, 0.15) is 5.82 Å². The molecule has 0 bridgehead atoms. The number of aromatic nitrogens is 3. The summed E-state index contributed by atoms with van der Waals surface area (Å²) in [6.45, 7) is -0.309. The minimum absolute atomic E-state index is 0.215. The number of hydrogen-bond donors (Lipinski definition) is 4. The third-order valence-electron chi connectivity index (χ3n) is 2.43. The number of H-pyrrole nitrogens is 2. The van der Waals surface area contributed by atoms with Crippen LogP contribution in [0, 0.1) is 5.82 Å². The van der Waals surface area contributed by atoms with Crippen molar-refractivity contribution in [3.8, 4) is 0 Å². The first-order valence-electron chi connectivity index (χ1n) is 6.05. The number of amides is 1. The Hall–Kier alpha value is -3.30. The van der Waals surface area contributed by atoms with Crippen LogP contribution in [-0.2, 0) is 4.79 Å². The standard InChI is InChI=1S/C12H11FN6O3/c13-8-4-2-1-3-7(8)5-15-17-9(20)6-14-10-11(21)16-12(22)19-18-10/h1-5H,6H2,(H,14,18)(H,17,20)(H2,16,19,21,22)/b15-5+. The second-order valence-corrected chi connectivity index (χ2v) is 4.02. The van der Waals surface area contributed by atoms with Crippen LogP contribution in [0.3, 0.4) is 0 Å². The summed E-state index contributed by atoms with van der Waals surface area (Å²) in [6, 6.07) is 5.91. The van der Waals surface area contributed by atoms with Crippen molar-refractivity contribution in [3.63, 3.8) is 0 Å². The van der Waals surface area contributed by atoms with Crippen molar-refractivity contribution in [3.05, 3.63) is 56.5 Å². The zero-order valence-corrected chi connectivity index (χ0v) is 11.1. The van der Waals surface area contributed by atoms with E-state index in [4.69, 9.17) is 0 Å². The highest BCUT2D eigenvalue weighted by Gasteiger charge is 2.04. The first kappa shape index (κ1) is 15.1. The monoisotopic (exact) mass is 306 g/mol. The highest BCUT2D eigenvalue weighted by molar-refractivity contribution is 5.84. The van der Waals surface area contributed by atoms with Crippen molar-refractivity contribution in [1.82, 2.24) is 20.6 Å². The summed E-state index contributed by atoms with van der Waals surface area (Å²) in [4.78, 5) is 35.5. The number of hydrazone groups is 1. The van der Waals surface area contributed by atoms with Crippen molar-refractivity contribution in [1.29, 1.82) is 0 Å². The Bertz CT molecular complexity index is 813. The van der Waals surface area contributed by atoms with Gasteiger partial charge in [0, 0.05) is 5.56 Å². The van der Waals surface area contributed by atoms with Gasteiger partial charge in [0.05, 0.1) is 12.8 Å². The number of benzene rings is 1. The van der Waals surface area contributed by atoms with Crippen LogP contribution in [0.5, 0.6) is 0 Å². The lowest BCUT2D eigenvalue weighted by molar-refractivity contribution is -0.119. The van der Waals surface area contributed by atoms with E-state index in [1.54, 1.807) is 6.07 Å². The molecule has 1 amide bonds. The lowest BCUT2D eigenvalue weighted by Gasteiger charge is -2.02. The molecule has 4 N–H and O–H groups in total. The maximum atomic E-state index is 13.3. The molecule has 2 aromatic rings. The van der Waals surface area contributed by atoms with Gasteiger partial charge in [-0.25, -0.2) is 19.7 Å². The van der Waals surface area contributed by atoms with Crippen LogP contribution in [0.4, 0.5) is 10.2 Å². The zero-order valence-electron chi connectivity index (χ0n) is 11.1. The van der Waals surface area contributed by atoms with Gasteiger partial charge in [-0.1, -0.05) is 18.2 Å². The smallest absolute Gasteiger partial charge is 0.342 e. The Labute approximate surface area is 122 Å². The van der Waals surface area contributed by atoms with E-state index in [0.29, 0.717) is 0 Å². The fourth-order valence-corrected chi connectivity index (χ4v) is 1.42. The quantitative estimate of drug-likeness (QED) is 0.422. The molecular formula is C12H11FN6O3. The van der Waals surface area contributed by atoms with Crippen molar-refractivity contribution in [2.75, 3.05) is 11.9 Å². The van der Waals surface area contributed by atoms with Gasteiger partial charge in [0.25, 0.3) is 11.5 Å². The summed E-state index contributed by atoms with van der Waals surface area (Å²) in [6.07, 6.45) is 1.15. The molecule has 2 rings (SSSR count). The fraction of sp³-hybridized carbons (Fsp3) is 0.0833. The van der Waals surface area contributed by atoms with Gasteiger partial charge in [0.15, 0.2) is 0 Å². The molecule has 0 spiro atoms. The number of carbonyl (C=O) groups excluding carboxylic acids is 1. The van der Waals surface area contributed by atoms with Gasteiger partial charge in [-0.15, -0.1) is 5.10 Å². The highest BCUT2D eigenvalue weighted by Crippen LogP contribution is 2.02. The van der Waals surface area contributed by atoms with Crippen molar-refractivity contribution in [2.45, 2.75) is 0 Å². The van der Waals surface area contributed by atoms with E-state index >= 15 is 0 Å². The second-order valence-electron chi connectivity index (χ2n) is 4.02. The van der Waals surface area contributed by atoms with Crippen LogP contribution in [0.1, 0.15) is 5.56 Å². The third-order valence-corrected chi connectivity index (χ3v) is 2.43. The molecule has 114 valence electrons. The van der Waals surface area contributed by atoms with Crippen molar-refractivity contribution < 1.29 is 9.18 Å². The summed E-state index contributed by atoms with van der Waals surface area (Å²) in [5.74, 6) is -1.27. The Kier molecular flexibility index (Phi) is 4.75. The maximum Gasteiger partial charge on any atom is 0.342 e. The second kappa shape index (κ2) is 6.92. The van der Waals surface area contributed by atoms with Gasteiger partial charge < -0.3 is 5.32 Å². The Morgan fingerprint density at radius 2 is 2.14 bits per heavy atom. The number of carbonyl (C=O) groups is 1. The average molecular weight is 306 g/mol. The molecule has 0 aliphatic rings. The molecule has 1 aromatic heterocycles. The Morgan fingerprint density at radius 3 is 2.86 bits per heavy atom. The number of halogens is 1. The molecule has 0 saturated carbocycles. The van der Waals surface area contributed by atoms with Crippen molar-refractivity contribution >= 4 is 17.9 Å². The maximum absolute atomic E-state index is 13.3. The van der Waals surface area contributed by atoms with Gasteiger partial charge in [0.2, 0.25) is 5.82 Å². The summed E-state index contributed by atoms with van der Waals surface area (Å²) in [7, 11) is 0. The van der Waals surface area contributed by atoms with Crippen molar-refractivity contribution in [2.24, 2.45) is 5.10 Å². The molecule has 0 saturated heterocycles. The Morgan fingerprint density at radius 1 is 1.36 bits per heavy atom. The zero-order chi connectivity index (χ0) is 15.9. The van der Waals surface area contributed by atoms with E-state index < -0.39 is 23.0 Å². The number of anilines is 1. The van der Waals surface area contributed by atoms with Gasteiger partial charge in [-0.05, 0) is 6.07 Å². The van der Waals surface area contributed by atoms with E-state index in [0.717, 1.165) is 6.21 Å². The molecule has 0 radical (unpaired) electrons. The van der Waals surface area contributed by atoms with Gasteiger partial charge >= 0.3 is 5.69 Å². The van der Waals surface area contributed by atoms with E-state index in [1.807, 2.05) is 10.1 Å². The summed E-state index contributed by atoms with van der Waals surface area (Å²) >= 11 is 0. The van der Waals surface area contributed by atoms with Gasteiger partial charge in [-0.3, -0.25) is 14.6 Å². The third kappa shape index (κ3) is 4.10. The number of aromatic amines is 2. The topological polar surface area (TPSA) is 132 Å². The summed E-state index contributed by atoms with van der Waals surface area (Å²) in [5.41, 5.74) is 0.853. The largest absolute Gasteiger partial charge is 0.355 e. The summed E-state index contributed by atoms with van der Waals surface area (Å²) in [5, 5.41) is 11.4. The first-order valence-corrected chi connectivity index (χ1v) is 6.05. The average Bonchev–Trinajstić information content (AvgIpc) is 2.48. The number of nitrogens with one attached hydrogen (secondary N) is 4. The van der Waals surface area contributed by atoms with E-state index in [-0.39, 0.29) is 17.9 Å². The van der Waals surface area contributed by atoms with Crippen LogP contribution in [-0.4, -0.2) is 33.8 Å². The molecule has 0 aliphatic carbocycles. The molecule has 9 nitrogen and oxygen atoms in total. The minimum atomic E-state index is -0.758. The van der Waals surface area contributed by atoms with Crippen LogP contribution < -0.4 is 22.0 Å². The molecule has 1 heterocycles. The Balaban J connectivity index is 1.87. The molecule has 1 aromatic carbocycles. The first-order chi connectivity index (χ1) is 10.6. The van der Waals surface area contributed by atoms with Crippen LogP contribution in [0.2, 0.25) is 0 Å². The van der Waals surface area contributed by atoms with Gasteiger partial charge in [-0.2, -0.15) is 5.10 Å². The molecule has 0 fully saturated rings. The van der Waals surface area contributed by atoms with E-state index in [1.165, 1.54) is 18.2 Å². The fourth-order valence-electron chi connectivity index (χ4n) is 1.42. The number of rotatable bonds is 5. The van der Waals surface area contributed by atoms with E-state index in [9.17, 15) is 18.8 Å².